The molecule has 0 aliphatic carbocycles. The van der Waals surface area contributed by atoms with Gasteiger partial charge in [-0.3, -0.25) is 4.90 Å². The fourth-order valence-corrected chi connectivity index (χ4v) is 2.05. The van der Waals surface area contributed by atoms with E-state index >= 15 is 0 Å². The number of methoxy groups -OCH3 is 2. The Balaban J connectivity index is 2.98. The molecular weight excluding hydrogens is 282 g/mol. The number of likely N-dealkylation sites (N-methyl/N-ethyl adjacent to an activating group) is 1. The van der Waals surface area contributed by atoms with Crippen molar-refractivity contribution in [3.8, 4) is 11.5 Å². The van der Waals surface area contributed by atoms with E-state index in [9.17, 15) is 8.78 Å². The summed E-state index contributed by atoms with van der Waals surface area (Å²) >= 11 is 0. The molecule has 5 nitrogen and oxygen atoms in total. The average molecular weight is 304 g/mol. The van der Waals surface area contributed by atoms with Crippen molar-refractivity contribution in [3.05, 3.63) is 23.8 Å². The molecule has 0 saturated carbocycles. The number of benzene rings is 1. The summed E-state index contributed by atoms with van der Waals surface area (Å²) in [5, 5.41) is 0. The van der Waals surface area contributed by atoms with Crippen molar-refractivity contribution in [3.63, 3.8) is 0 Å². The van der Waals surface area contributed by atoms with Gasteiger partial charge in [-0.25, -0.2) is 0 Å². The molecule has 7 heteroatoms. The lowest BCUT2D eigenvalue weighted by molar-refractivity contribution is -0.0513. The number of nitrogens with two attached hydrogens (primary N) is 1. The van der Waals surface area contributed by atoms with E-state index in [1.54, 1.807) is 19.2 Å². The quantitative estimate of drug-likeness (QED) is 0.755. The number of rotatable bonds is 9. The first-order valence-corrected chi connectivity index (χ1v) is 6.55. The van der Waals surface area contributed by atoms with Crippen LogP contribution < -0.4 is 15.2 Å². The summed E-state index contributed by atoms with van der Waals surface area (Å²) in [4.78, 5) is 2.00. The highest BCUT2D eigenvalue weighted by molar-refractivity contribution is 5.44. The normalized spacial score (nSPS) is 12.8. The highest BCUT2D eigenvalue weighted by Crippen LogP contribution is 2.32. The van der Waals surface area contributed by atoms with E-state index in [4.69, 9.17) is 15.2 Å². The zero-order valence-corrected chi connectivity index (χ0v) is 12.5. The Morgan fingerprint density at radius 3 is 2.48 bits per heavy atom. The molecule has 120 valence electrons. The van der Waals surface area contributed by atoms with Gasteiger partial charge in [0.2, 0.25) is 0 Å². The van der Waals surface area contributed by atoms with Gasteiger partial charge in [0.25, 0.3) is 0 Å². The van der Waals surface area contributed by atoms with Gasteiger partial charge in [-0.1, -0.05) is 6.07 Å². The first-order chi connectivity index (χ1) is 10.0. The van der Waals surface area contributed by atoms with Crippen molar-refractivity contribution in [2.75, 3.05) is 41.0 Å². The number of nitrogens with zero attached hydrogens (tertiary/aromatic N) is 1. The summed E-state index contributed by atoms with van der Waals surface area (Å²) in [5.74, 6) is 0.262. The summed E-state index contributed by atoms with van der Waals surface area (Å²) < 4.78 is 39.4. The molecular formula is C14H22F2N2O3. The van der Waals surface area contributed by atoms with Crippen molar-refractivity contribution < 1.29 is 23.0 Å². The van der Waals surface area contributed by atoms with E-state index in [-0.39, 0.29) is 17.5 Å². The Labute approximate surface area is 123 Å². The number of hydrogen-bond acceptors (Lipinski definition) is 5. The predicted molar refractivity (Wildman–Crippen MR) is 75.9 cm³/mol. The molecule has 0 fully saturated rings. The molecule has 21 heavy (non-hydrogen) atoms. The van der Waals surface area contributed by atoms with Crippen LogP contribution in [0.5, 0.6) is 11.5 Å². The summed E-state index contributed by atoms with van der Waals surface area (Å²) in [6, 6.07) is 4.80. The molecule has 1 atom stereocenters. The Hall–Kier alpha value is -1.44. The first kappa shape index (κ1) is 17.6. The smallest absolute Gasteiger partial charge is 0.387 e. The van der Waals surface area contributed by atoms with Crippen LogP contribution in [0.4, 0.5) is 8.78 Å². The number of hydrogen-bond donors (Lipinski definition) is 1. The number of ether oxygens (including phenoxy) is 3. The minimum Gasteiger partial charge on any atom is -0.493 e. The van der Waals surface area contributed by atoms with E-state index in [1.165, 1.54) is 13.2 Å². The lowest BCUT2D eigenvalue weighted by atomic mass is 10.0. The summed E-state index contributed by atoms with van der Waals surface area (Å²) in [6.07, 6.45) is 0. The van der Waals surface area contributed by atoms with Gasteiger partial charge in [0.05, 0.1) is 13.7 Å². The van der Waals surface area contributed by atoms with Gasteiger partial charge in [0.1, 0.15) is 0 Å². The van der Waals surface area contributed by atoms with Gasteiger partial charge in [0.15, 0.2) is 11.5 Å². The average Bonchev–Trinajstić information content (AvgIpc) is 2.45. The maximum absolute atomic E-state index is 12.4. The van der Waals surface area contributed by atoms with Crippen LogP contribution in [0.3, 0.4) is 0 Å². The highest BCUT2D eigenvalue weighted by Gasteiger charge is 2.19. The second-order valence-corrected chi connectivity index (χ2v) is 4.51. The SMILES string of the molecule is COCCN(C)C(CN)c1ccc(OC)c(OC(F)F)c1. The van der Waals surface area contributed by atoms with Crippen LogP contribution in [-0.4, -0.2) is 52.5 Å². The van der Waals surface area contributed by atoms with Crippen molar-refractivity contribution in [2.45, 2.75) is 12.7 Å². The molecule has 1 unspecified atom stereocenters. The Morgan fingerprint density at radius 2 is 1.95 bits per heavy atom. The van der Waals surface area contributed by atoms with Gasteiger partial charge >= 0.3 is 6.61 Å². The Morgan fingerprint density at radius 1 is 1.24 bits per heavy atom. The summed E-state index contributed by atoms with van der Waals surface area (Å²) in [7, 11) is 4.92. The molecule has 1 aromatic rings. The van der Waals surface area contributed by atoms with Crippen LogP contribution >= 0.6 is 0 Å². The highest BCUT2D eigenvalue weighted by atomic mass is 19.3. The van der Waals surface area contributed by atoms with E-state index in [1.807, 2.05) is 11.9 Å². The third kappa shape index (κ3) is 5.11. The van der Waals surface area contributed by atoms with Crippen LogP contribution in [0, 0.1) is 0 Å². The van der Waals surface area contributed by atoms with Crippen LogP contribution in [0.25, 0.3) is 0 Å². The molecule has 0 amide bonds. The van der Waals surface area contributed by atoms with Crippen molar-refractivity contribution in [1.29, 1.82) is 0 Å². The number of halogens is 2. The molecule has 0 heterocycles. The van der Waals surface area contributed by atoms with E-state index < -0.39 is 6.61 Å². The van der Waals surface area contributed by atoms with Gasteiger partial charge in [0, 0.05) is 26.2 Å². The van der Waals surface area contributed by atoms with E-state index in [0.29, 0.717) is 19.7 Å². The molecule has 1 aromatic carbocycles. The van der Waals surface area contributed by atoms with Crippen molar-refractivity contribution >= 4 is 0 Å². The van der Waals surface area contributed by atoms with Crippen molar-refractivity contribution in [2.24, 2.45) is 5.73 Å². The largest absolute Gasteiger partial charge is 0.493 e. The zero-order valence-electron chi connectivity index (χ0n) is 12.5. The fourth-order valence-electron chi connectivity index (χ4n) is 2.05. The lowest BCUT2D eigenvalue weighted by Crippen LogP contribution is -2.33. The first-order valence-electron chi connectivity index (χ1n) is 6.55. The third-order valence-electron chi connectivity index (χ3n) is 3.19. The maximum atomic E-state index is 12.4. The van der Waals surface area contributed by atoms with Gasteiger partial charge < -0.3 is 19.9 Å². The Bertz CT molecular complexity index is 433. The molecule has 1 rings (SSSR count). The van der Waals surface area contributed by atoms with Crippen LogP contribution in [-0.2, 0) is 4.74 Å². The molecule has 0 radical (unpaired) electrons. The second-order valence-electron chi connectivity index (χ2n) is 4.51. The Kier molecular flexibility index (Phi) is 7.35. The maximum Gasteiger partial charge on any atom is 0.387 e. The molecule has 0 saturated heterocycles. The molecule has 0 aromatic heterocycles. The molecule has 2 N–H and O–H groups in total. The lowest BCUT2D eigenvalue weighted by Gasteiger charge is -2.27. The van der Waals surface area contributed by atoms with Crippen molar-refractivity contribution in [1.82, 2.24) is 4.90 Å². The predicted octanol–water partition coefficient (Wildman–Crippen LogP) is 1.87. The minimum absolute atomic E-state index is 0.00333. The third-order valence-corrected chi connectivity index (χ3v) is 3.19. The van der Waals surface area contributed by atoms with Gasteiger partial charge in [-0.2, -0.15) is 8.78 Å². The van der Waals surface area contributed by atoms with Crippen LogP contribution in [0.2, 0.25) is 0 Å². The van der Waals surface area contributed by atoms with Crippen LogP contribution in [0.1, 0.15) is 11.6 Å². The summed E-state index contributed by atoms with van der Waals surface area (Å²) in [5.41, 5.74) is 6.58. The van der Waals surface area contributed by atoms with Gasteiger partial charge in [-0.15, -0.1) is 0 Å². The second kappa shape index (κ2) is 8.76. The van der Waals surface area contributed by atoms with E-state index in [0.717, 1.165) is 5.56 Å². The molecule has 0 aliphatic heterocycles. The van der Waals surface area contributed by atoms with Crippen LogP contribution in [0.15, 0.2) is 18.2 Å². The minimum atomic E-state index is -2.91. The monoisotopic (exact) mass is 304 g/mol. The zero-order chi connectivity index (χ0) is 15.8. The van der Waals surface area contributed by atoms with Gasteiger partial charge in [-0.05, 0) is 24.7 Å². The molecule has 0 aliphatic rings. The molecule has 0 spiro atoms. The van der Waals surface area contributed by atoms with E-state index in [2.05, 4.69) is 4.74 Å². The molecule has 0 bridgehead atoms. The summed E-state index contributed by atoms with van der Waals surface area (Å²) in [6.45, 7) is -1.32. The fraction of sp³-hybridized carbons (Fsp3) is 0.571. The standard InChI is InChI=1S/C14H22F2N2O3/c1-18(6-7-19-2)11(9-17)10-4-5-12(20-3)13(8-10)21-14(15)16/h4-5,8,11,14H,6-7,9,17H2,1-3H3. The topological polar surface area (TPSA) is 57.0 Å². The number of alkyl halides is 2.